The Balaban J connectivity index is 2.76. The molecule has 1 heterocycles. The number of hydrogen-bond donors (Lipinski definition) is 2. The molecule has 0 saturated heterocycles. The molecule has 0 aromatic heterocycles. The minimum Gasteiger partial charge on any atom is -0.366 e. The second kappa shape index (κ2) is 2.91. The van der Waals surface area contributed by atoms with E-state index in [9.17, 15) is 14.4 Å². The topological polar surface area (TPSA) is 89.3 Å². The number of nitrogens with one attached hydrogen (secondary N) is 1. The molecule has 0 aliphatic carbocycles. The van der Waals surface area contributed by atoms with Crippen molar-refractivity contribution in [3.8, 4) is 0 Å². The minimum atomic E-state index is -0.721. The fraction of sp³-hybridized carbons (Fsp3) is 0.100. The fourth-order valence-corrected chi connectivity index (χ4v) is 1.59. The summed E-state index contributed by atoms with van der Waals surface area (Å²) < 4.78 is 0. The minimum absolute atomic E-state index is 0.0824. The first kappa shape index (κ1) is 9.39. The smallest absolute Gasteiger partial charge is 0.296 e. The number of rotatable bonds is 1. The number of benzene rings is 1. The van der Waals surface area contributed by atoms with E-state index in [1.807, 2.05) is 0 Å². The predicted molar refractivity (Wildman–Crippen MR) is 52.7 cm³/mol. The van der Waals surface area contributed by atoms with Crippen LogP contribution >= 0.6 is 0 Å². The van der Waals surface area contributed by atoms with Crippen LogP contribution in [0.1, 0.15) is 26.3 Å². The van der Waals surface area contributed by atoms with Gasteiger partial charge in [0.2, 0.25) is 5.91 Å². The molecular formula is C10H8N2O3. The van der Waals surface area contributed by atoms with Gasteiger partial charge in [-0.3, -0.25) is 14.4 Å². The Morgan fingerprint density at radius 3 is 2.60 bits per heavy atom. The van der Waals surface area contributed by atoms with Crippen molar-refractivity contribution in [2.75, 3.05) is 5.32 Å². The molecular weight excluding hydrogens is 196 g/mol. The molecule has 1 aliphatic rings. The molecule has 2 rings (SSSR count). The second-order valence-electron chi connectivity index (χ2n) is 3.33. The molecule has 3 N–H and O–H groups in total. The number of hydrogen-bond acceptors (Lipinski definition) is 3. The summed E-state index contributed by atoms with van der Waals surface area (Å²) in [6.07, 6.45) is 0. The van der Waals surface area contributed by atoms with Gasteiger partial charge in [-0.05, 0) is 18.6 Å². The molecule has 0 bridgehead atoms. The van der Waals surface area contributed by atoms with Crippen LogP contribution in [0.4, 0.5) is 5.69 Å². The number of amides is 2. The van der Waals surface area contributed by atoms with Crippen LogP contribution in [0.25, 0.3) is 0 Å². The van der Waals surface area contributed by atoms with E-state index in [1.54, 1.807) is 13.0 Å². The van der Waals surface area contributed by atoms with Gasteiger partial charge in [-0.2, -0.15) is 0 Å². The molecule has 1 aromatic carbocycles. The number of fused-ring (bicyclic) bond motifs is 1. The normalized spacial score (nSPS) is 13.7. The maximum atomic E-state index is 11.5. The summed E-state index contributed by atoms with van der Waals surface area (Å²) in [6, 6.07) is 3.09. The quantitative estimate of drug-likeness (QED) is 0.641. The van der Waals surface area contributed by atoms with E-state index >= 15 is 0 Å². The summed E-state index contributed by atoms with van der Waals surface area (Å²) in [4.78, 5) is 33.7. The summed E-state index contributed by atoms with van der Waals surface area (Å²) in [5, 5.41) is 2.41. The highest BCUT2D eigenvalue weighted by atomic mass is 16.2. The van der Waals surface area contributed by atoms with Crippen molar-refractivity contribution in [3.05, 3.63) is 28.8 Å². The summed E-state index contributed by atoms with van der Waals surface area (Å²) in [7, 11) is 0. The van der Waals surface area contributed by atoms with E-state index < -0.39 is 17.6 Å². The molecule has 5 heteroatoms. The first-order chi connectivity index (χ1) is 7.02. The number of aryl methyl sites for hydroxylation is 1. The number of carbonyl (C=O) groups is 3. The Morgan fingerprint density at radius 2 is 2.00 bits per heavy atom. The zero-order chi connectivity index (χ0) is 11.2. The third kappa shape index (κ3) is 1.20. The van der Waals surface area contributed by atoms with Crippen LogP contribution in [-0.2, 0) is 4.79 Å². The Hall–Kier alpha value is -2.17. The van der Waals surface area contributed by atoms with Crippen LogP contribution in [0.15, 0.2) is 12.1 Å². The van der Waals surface area contributed by atoms with Gasteiger partial charge in [0, 0.05) is 0 Å². The second-order valence-corrected chi connectivity index (χ2v) is 3.33. The number of primary amides is 1. The Bertz CT molecular complexity index is 506. The molecule has 0 atom stereocenters. The molecule has 0 spiro atoms. The maximum absolute atomic E-state index is 11.5. The van der Waals surface area contributed by atoms with Crippen molar-refractivity contribution < 1.29 is 14.4 Å². The van der Waals surface area contributed by atoms with E-state index in [2.05, 4.69) is 5.32 Å². The Labute approximate surface area is 85.3 Å². The molecule has 0 radical (unpaired) electrons. The Morgan fingerprint density at radius 1 is 1.33 bits per heavy atom. The van der Waals surface area contributed by atoms with Gasteiger partial charge in [-0.15, -0.1) is 0 Å². The predicted octanol–water partition coefficient (Wildman–Crippen LogP) is 0.229. The van der Waals surface area contributed by atoms with E-state index in [0.29, 0.717) is 5.69 Å². The van der Waals surface area contributed by atoms with Gasteiger partial charge >= 0.3 is 0 Å². The number of carbonyl (C=O) groups excluding carboxylic acids is 3. The van der Waals surface area contributed by atoms with Crippen LogP contribution in [0, 0.1) is 6.92 Å². The highest BCUT2D eigenvalue weighted by Gasteiger charge is 2.33. The van der Waals surface area contributed by atoms with E-state index in [-0.39, 0.29) is 11.1 Å². The summed E-state index contributed by atoms with van der Waals surface area (Å²) in [5.41, 5.74) is 6.41. The summed E-state index contributed by atoms with van der Waals surface area (Å²) in [6.45, 7) is 1.74. The highest BCUT2D eigenvalue weighted by Crippen LogP contribution is 2.29. The zero-order valence-corrected chi connectivity index (χ0v) is 7.96. The lowest BCUT2D eigenvalue weighted by Crippen LogP contribution is -2.17. The molecule has 0 unspecified atom stereocenters. The van der Waals surface area contributed by atoms with Crippen molar-refractivity contribution >= 4 is 23.3 Å². The average molecular weight is 204 g/mol. The van der Waals surface area contributed by atoms with Gasteiger partial charge in [-0.25, -0.2) is 0 Å². The van der Waals surface area contributed by atoms with Gasteiger partial charge in [-0.1, -0.05) is 6.07 Å². The standard InChI is InChI=1S/C10H8N2O3/c1-4-2-3-5(9(11)14)6-7(4)12-10(15)8(6)13/h2-3H,1H3,(H2,11,14)(H,12,13,15). The molecule has 2 amide bonds. The monoisotopic (exact) mass is 204 g/mol. The zero-order valence-electron chi connectivity index (χ0n) is 7.96. The van der Waals surface area contributed by atoms with Crippen molar-refractivity contribution in [3.63, 3.8) is 0 Å². The SMILES string of the molecule is Cc1ccc(C(N)=O)c2c1NC(=O)C2=O. The third-order valence-electron chi connectivity index (χ3n) is 2.35. The molecule has 0 fully saturated rings. The van der Waals surface area contributed by atoms with Gasteiger partial charge in [0.05, 0.1) is 16.8 Å². The summed E-state index contributed by atoms with van der Waals surface area (Å²) in [5.74, 6) is -2.14. The molecule has 0 saturated carbocycles. The number of Topliss-reactive ketones (excluding diaryl/α,β-unsaturated/α-hetero) is 1. The van der Waals surface area contributed by atoms with Gasteiger partial charge < -0.3 is 11.1 Å². The molecule has 1 aromatic rings. The van der Waals surface area contributed by atoms with Crippen molar-refractivity contribution in [1.82, 2.24) is 0 Å². The fourth-order valence-electron chi connectivity index (χ4n) is 1.59. The molecule has 5 nitrogen and oxygen atoms in total. The van der Waals surface area contributed by atoms with Crippen LogP contribution in [0.3, 0.4) is 0 Å². The number of anilines is 1. The third-order valence-corrected chi connectivity index (χ3v) is 2.35. The lowest BCUT2D eigenvalue weighted by Gasteiger charge is -2.05. The van der Waals surface area contributed by atoms with Crippen LogP contribution in [-0.4, -0.2) is 17.6 Å². The van der Waals surface area contributed by atoms with E-state index in [4.69, 9.17) is 5.73 Å². The average Bonchev–Trinajstić information content (AvgIpc) is 2.46. The van der Waals surface area contributed by atoms with Gasteiger partial charge in [0.1, 0.15) is 0 Å². The lowest BCUT2D eigenvalue weighted by molar-refractivity contribution is -0.112. The van der Waals surface area contributed by atoms with E-state index in [0.717, 1.165) is 5.56 Å². The van der Waals surface area contributed by atoms with Gasteiger partial charge in [0.15, 0.2) is 0 Å². The van der Waals surface area contributed by atoms with Crippen LogP contribution in [0.5, 0.6) is 0 Å². The first-order valence-corrected chi connectivity index (χ1v) is 4.31. The van der Waals surface area contributed by atoms with E-state index in [1.165, 1.54) is 6.07 Å². The number of ketones is 1. The highest BCUT2D eigenvalue weighted by molar-refractivity contribution is 6.53. The first-order valence-electron chi connectivity index (χ1n) is 4.31. The molecule has 76 valence electrons. The van der Waals surface area contributed by atoms with Gasteiger partial charge in [0.25, 0.3) is 11.7 Å². The summed E-state index contributed by atoms with van der Waals surface area (Å²) >= 11 is 0. The maximum Gasteiger partial charge on any atom is 0.296 e. The van der Waals surface area contributed by atoms with Crippen molar-refractivity contribution in [2.45, 2.75) is 6.92 Å². The van der Waals surface area contributed by atoms with Crippen molar-refractivity contribution in [2.24, 2.45) is 5.73 Å². The lowest BCUT2D eigenvalue weighted by atomic mass is 10.0. The largest absolute Gasteiger partial charge is 0.366 e. The molecule has 1 aliphatic heterocycles. The molecule has 15 heavy (non-hydrogen) atoms. The Kier molecular flexibility index (Phi) is 1.82. The van der Waals surface area contributed by atoms with Crippen LogP contribution in [0.2, 0.25) is 0 Å². The number of nitrogens with two attached hydrogens (primary N) is 1. The van der Waals surface area contributed by atoms with Crippen LogP contribution < -0.4 is 11.1 Å². The van der Waals surface area contributed by atoms with Crippen molar-refractivity contribution in [1.29, 1.82) is 0 Å².